The summed E-state index contributed by atoms with van der Waals surface area (Å²) in [7, 11) is 0. The molecule has 0 saturated carbocycles. The van der Waals surface area contributed by atoms with E-state index in [0.717, 1.165) is 19.5 Å². The van der Waals surface area contributed by atoms with Crippen LogP contribution in [0.25, 0.3) is 0 Å². The third-order valence-corrected chi connectivity index (χ3v) is 4.44. The molecule has 1 fully saturated rings. The van der Waals surface area contributed by atoms with E-state index in [2.05, 4.69) is 22.9 Å². The Morgan fingerprint density at radius 3 is 2.94 bits per heavy atom. The molecule has 2 unspecified atom stereocenters. The molecule has 0 N–H and O–H groups in total. The molecule has 1 aliphatic heterocycles. The van der Waals surface area contributed by atoms with Gasteiger partial charge in [-0.2, -0.15) is 0 Å². The van der Waals surface area contributed by atoms with Crippen molar-refractivity contribution in [2.45, 2.75) is 25.1 Å². The number of furan rings is 1. The molecule has 16 heavy (non-hydrogen) atoms. The van der Waals surface area contributed by atoms with Gasteiger partial charge >= 0.3 is 0 Å². The van der Waals surface area contributed by atoms with E-state index in [0.29, 0.717) is 22.1 Å². The fraction of sp³-hybridized carbons (Fsp3) is 0.583. The van der Waals surface area contributed by atoms with Gasteiger partial charge < -0.3 is 9.32 Å². The number of piperidine rings is 1. The molecule has 1 amide bonds. The average Bonchev–Trinajstić information content (AvgIpc) is 2.67. The van der Waals surface area contributed by atoms with Gasteiger partial charge in [-0.15, -0.1) is 0 Å². The highest BCUT2D eigenvalue weighted by atomic mass is 79.9. The van der Waals surface area contributed by atoms with Gasteiger partial charge in [0.1, 0.15) is 5.76 Å². The first-order valence-electron chi connectivity index (χ1n) is 5.57. The topological polar surface area (TPSA) is 33.5 Å². The van der Waals surface area contributed by atoms with Gasteiger partial charge in [-0.1, -0.05) is 22.9 Å². The molecule has 4 heteroatoms. The lowest BCUT2D eigenvalue weighted by molar-refractivity contribution is 0.0704. The van der Waals surface area contributed by atoms with Gasteiger partial charge in [-0.3, -0.25) is 4.79 Å². The van der Waals surface area contributed by atoms with Gasteiger partial charge in [0, 0.05) is 17.9 Å². The molecule has 0 spiro atoms. The van der Waals surface area contributed by atoms with E-state index in [4.69, 9.17) is 4.42 Å². The van der Waals surface area contributed by atoms with Gasteiger partial charge in [0.25, 0.3) is 5.91 Å². The smallest absolute Gasteiger partial charge is 0.257 e. The van der Waals surface area contributed by atoms with Crippen LogP contribution in [-0.4, -0.2) is 28.7 Å². The van der Waals surface area contributed by atoms with Crippen LogP contribution in [-0.2, 0) is 0 Å². The second-order valence-electron chi connectivity index (χ2n) is 4.42. The quantitative estimate of drug-likeness (QED) is 0.744. The average molecular weight is 286 g/mol. The van der Waals surface area contributed by atoms with Crippen molar-refractivity contribution in [1.29, 1.82) is 0 Å². The maximum Gasteiger partial charge on any atom is 0.257 e. The van der Waals surface area contributed by atoms with E-state index in [1.165, 1.54) is 0 Å². The Hall–Kier alpha value is -0.770. The number of aryl methyl sites for hydroxylation is 1. The minimum absolute atomic E-state index is 0.0857. The van der Waals surface area contributed by atoms with Crippen LogP contribution in [0, 0.1) is 12.8 Å². The second-order valence-corrected chi connectivity index (χ2v) is 5.60. The van der Waals surface area contributed by atoms with Gasteiger partial charge in [0.05, 0.1) is 11.8 Å². The Morgan fingerprint density at radius 2 is 2.38 bits per heavy atom. The summed E-state index contributed by atoms with van der Waals surface area (Å²) in [5.41, 5.74) is 0.689. The molecule has 3 nitrogen and oxygen atoms in total. The first kappa shape index (κ1) is 11.7. The highest BCUT2D eigenvalue weighted by Gasteiger charge is 2.28. The molecule has 88 valence electrons. The molecule has 0 aromatic carbocycles. The van der Waals surface area contributed by atoms with Crippen LogP contribution in [0.1, 0.15) is 29.5 Å². The number of hydrogen-bond acceptors (Lipinski definition) is 2. The van der Waals surface area contributed by atoms with E-state index in [9.17, 15) is 4.79 Å². The van der Waals surface area contributed by atoms with E-state index < -0.39 is 0 Å². The molecule has 0 bridgehead atoms. The number of alkyl halides is 1. The number of amides is 1. The van der Waals surface area contributed by atoms with Crippen LogP contribution < -0.4 is 0 Å². The van der Waals surface area contributed by atoms with Gasteiger partial charge in [0.2, 0.25) is 0 Å². The van der Waals surface area contributed by atoms with Crippen molar-refractivity contribution in [3.63, 3.8) is 0 Å². The number of hydrogen-bond donors (Lipinski definition) is 0. The summed E-state index contributed by atoms with van der Waals surface area (Å²) in [6.45, 7) is 5.66. The van der Waals surface area contributed by atoms with E-state index >= 15 is 0 Å². The Morgan fingerprint density at radius 1 is 1.62 bits per heavy atom. The van der Waals surface area contributed by atoms with Crippen molar-refractivity contribution < 1.29 is 9.21 Å². The van der Waals surface area contributed by atoms with Crippen LogP contribution >= 0.6 is 15.9 Å². The van der Waals surface area contributed by atoms with Crippen molar-refractivity contribution in [2.24, 2.45) is 5.92 Å². The number of nitrogens with zero attached hydrogens (tertiary/aromatic N) is 1. The molecular formula is C12H16BrNO2. The van der Waals surface area contributed by atoms with Crippen molar-refractivity contribution in [2.75, 3.05) is 13.1 Å². The minimum atomic E-state index is 0.0857. The summed E-state index contributed by atoms with van der Waals surface area (Å²) in [6.07, 6.45) is 2.62. The predicted molar refractivity (Wildman–Crippen MR) is 65.8 cm³/mol. The maximum atomic E-state index is 12.2. The van der Waals surface area contributed by atoms with Crippen LogP contribution in [0.3, 0.4) is 0 Å². The lowest BCUT2D eigenvalue weighted by Gasteiger charge is -2.34. The zero-order valence-corrected chi connectivity index (χ0v) is 11.2. The number of halogens is 1. The van der Waals surface area contributed by atoms with Gasteiger partial charge in [-0.25, -0.2) is 0 Å². The second kappa shape index (κ2) is 4.62. The lowest BCUT2D eigenvalue weighted by Crippen LogP contribution is -2.43. The van der Waals surface area contributed by atoms with Gasteiger partial charge in [0.15, 0.2) is 0 Å². The first-order chi connectivity index (χ1) is 7.59. The Kier molecular flexibility index (Phi) is 3.38. The largest absolute Gasteiger partial charge is 0.469 e. The van der Waals surface area contributed by atoms with Crippen LogP contribution in [0.4, 0.5) is 0 Å². The third-order valence-electron chi connectivity index (χ3n) is 3.24. The van der Waals surface area contributed by atoms with E-state index in [1.807, 2.05) is 11.8 Å². The summed E-state index contributed by atoms with van der Waals surface area (Å²) in [6, 6.07) is 1.75. The van der Waals surface area contributed by atoms with Crippen molar-refractivity contribution in [1.82, 2.24) is 4.90 Å². The van der Waals surface area contributed by atoms with Crippen LogP contribution in [0.2, 0.25) is 0 Å². The fourth-order valence-electron chi connectivity index (χ4n) is 1.98. The Balaban J connectivity index is 2.09. The SMILES string of the molecule is Cc1occc1C(=O)N1CCC(C)C(Br)C1. The number of rotatable bonds is 1. The number of likely N-dealkylation sites (tertiary alicyclic amines) is 1. The van der Waals surface area contributed by atoms with Crippen molar-refractivity contribution in [3.8, 4) is 0 Å². The monoisotopic (exact) mass is 285 g/mol. The molecule has 0 radical (unpaired) electrons. The molecular weight excluding hydrogens is 270 g/mol. The van der Waals surface area contributed by atoms with Crippen LogP contribution in [0.5, 0.6) is 0 Å². The normalized spacial score (nSPS) is 25.8. The molecule has 2 atom stereocenters. The molecule has 2 heterocycles. The summed E-state index contributed by atoms with van der Waals surface area (Å²) in [4.78, 5) is 14.5. The Bertz CT molecular complexity index is 388. The van der Waals surface area contributed by atoms with Crippen molar-refractivity contribution >= 4 is 21.8 Å². The molecule has 1 aromatic heterocycles. The highest BCUT2D eigenvalue weighted by Crippen LogP contribution is 2.25. The zero-order chi connectivity index (χ0) is 11.7. The first-order valence-corrected chi connectivity index (χ1v) is 6.48. The maximum absolute atomic E-state index is 12.2. The van der Waals surface area contributed by atoms with E-state index in [-0.39, 0.29) is 5.91 Å². The summed E-state index contributed by atoms with van der Waals surface area (Å²) < 4.78 is 5.17. The van der Waals surface area contributed by atoms with Gasteiger partial charge in [-0.05, 0) is 25.3 Å². The molecule has 1 aromatic rings. The van der Waals surface area contributed by atoms with E-state index in [1.54, 1.807) is 12.3 Å². The molecule has 1 aliphatic rings. The molecule has 2 rings (SSSR count). The summed E-state index contributed by atoms with van der Waals surface area (Å²) >= 11 is 3.63. The number of carbonyl (C=O) groups excluding carboxylic acids is 1. The minimum Gasteiger partial charge on any atom is -0.469 e. The summed E-state index contributed by atoms with van der Waals surface area (Å²) in [5.74, 6) is 1.42. The van der Waals surface area contributed by atoms with Crippen LogP contribution in [0.15, 0.2) is 16.7 Å². The predicted octanol–water partition coefficient (Wildman–Crippen LogP) is 2.83. The molecule has 1 saturated heterocycles. The zero-order valence-electron chi connectivity index (χ0n) is 9.57. The fourth-order valence-corrected chi connectivity index (χ4v) is 2.60. The molecule has 0 aliphatic carbocycles. The number of carbonyl (C=O) groups is 1. The standard InChI is InChI=1S/C12H16BrNO2/c1-8-3-5-14(7-11(8)13)12(15)10-4-6-16-9(10)2/h4,6,8,11H,3,5,7H2,1-2H3. The lowest BCUT2D eigenvalue weighted by atomic mass is 9.98. The summed E-state index contributed by atoms with van der Waals surface area (Å²) in [5, 5.41) is 0. The highest BCUT2D eigenvalue weighted by molar-refractivity contribution is 9.09. The Labute approximate surface area is 104 Å². The third kappa shape index (κ3) is 2.17. The van der Waals surface area contributed by atoms with Crippen molar-refractivity contribution in [3.05, 3.63) is 23.7 Å².